The van der Waals surface area contributed by atoms with Gasteiger partial charge in [-0.25, -0.2) is 0 Å². The molecule has 0 bridgehead atoms. The molecule has 1 unspecified atom stereocenters. The second-order valence-corrected chi connectivity index (χ2v) is 7.51. The van der Waals surface area contributed by atoms with Gasteiger partial charge in [0.1, 0.15) is 0 Å². The maximum Gasteiger partial charge on any atom is 0.229 e. The molecular formula is C22H25ClN2O2. The smallest absolute Gasteiger partial charge is 0.229 e. The number of amides is 2. The normalized spacial score (nSPS) is 16.6. The summed E-state index contributed by atoms with van der Waals surface area (Å²) in [5.74, 6) is -0.337. The van der Waals surface area contributed by atoms with Gasteiger partial charge in [-0.15, -0.1) is 0 Å². The Balaban J connectivity index is 1.61. The van der Waals surface area contributed by atoms with Gasteiger partial charge in [0.2, 0.25) is 11.8 Å². The van der Waals surface area contributed by atoms with Gasteiger partial charge in [0.25, 0.3) is 0 Å². The van der Waals surface area contributed by atoms with Crippen LogP contribution >= 0.6 is 11.6 Å². The van der Waals surface area contributed by atoms with Gasteiger partial charge in [0.05, 0.1) is 5.92 Å². The maximum atomic E-state index is 12.7. The average molecular weight is 385 g/mol. The Kier molecular flexibility index (Phi) is 6.17. The minimum atomic E-state index is -0.304. The molecule has 1 aliphatic heterocycles. The summed E-state index contributed by atoms with van der Waals surface area (Å²) < 4.78 is 0. The molecule has 0 aliphatic carbocycles. The highest BCUT2D eigenvalue weighted by Gasteiger charge is 2.34. The van der Waals surface area contributed by atoms with Gasteiger partial charge in [0.15, 0.2) is 0 Å². The Morgan fingerprint density at radius 1 is 1.26 bits per heavy atom. The fraction of sp³-hybridized carbons (Fsp3) is 0.364. The number of carbonyl (C=O) groups is 2. The van der Waals surface area contributed by atoms with Crippen molar-refractivity contribution >= 4 is 29.1 Å². The number of likely N-dealkylation sites (tertiary alicyclic amines) is 1. The van der Waals surface area contributed by atoms with Gasteiger partial charge in [-0.2, -0.15) is 0 Å². The van der Waals surface area contributed by atoms with Crippen LogP contribution < -0.4 is 5.32 Å². The molecule has 27 heavy (non-hydrogen) atoms. The van der Waals surface area contributed by atoms with E-state index >= 15 is 0 Å². The van der Waals surface area contributed by atoms with Crippen LogP contribution in [0, 0.1) is 12.8 Å². The molecule has 0 saturated carbocycles. The van der Waals surface area contributed by atoms with E-state index in [1.165, 1.54) is 0 Å². The fourth-order valence-electron chi connectivity index (χ4n) is 3.55. The molecule has 1 N–H and O–H groups in total. The molecule has 5 heteroatoms. The maximum absolute atomic E-state index is 12.7. The summed E-state index contributed by atoms with van der Waals surface area (Å²) in [6, 6.07) is 13.7. The van der Waals surface area contributed by atoms with E-state index in [0.29, 0.717) is 18.1 Å². The molecule has 1 atom stereocenters. The number of benzene rings is 2. The topological polar surface area (TPSA) is 49.4 Å². The predicted molar refractivity (Wildman–Crippen MR) is 109 cm³/mol. The van der Waals surface area contributed by atoms with Crippen molar-refractivity contribution in [3.05, 3.63) is 64.2 Å². The number of aryl methyl sites for hydroxylation is 2. The van der Waals surface area contributed by atoms with Gasteiger partial charge >= 0.3 is 0 Å². The van der Waals surface area contributed by atoms with Crippen LogP contribution in [0.25, 0.3) is 0 Å². The number of carbonyl (C=O) groups excluding carboxylic acids is 2. The summed E-state index contributed by atoms with van der Waals surface area (Å²) in [5.41, 5.74) is 4.14. The average Bonchev–Trinajstić information content (AvgIpc) is 3.02. The van der Waals surface area contributed by atoms with Crippen molar-refractivity contribution in [3.63, 3.8) is 0 Å². The molecule has 2 aromatic rings. The Bertz CT molecular complexity index is 850. The second kappa shape index (κ2) is 8.57. The lowest BCUT2D eigenvalue weighted by Gasteiger charge is -2.18. The van der Waals surface area contributed by atoms with E-state index in [2.05, 4.69) is 12.2 Å². The molecule has 1 saturated heterocycles. The molecule has 0 aromatic heterocycles. The molecule has 0 radical (unpaired) electrons. The SMILES string of the molecule is CCc1cccc(C)c1NC(=O)C1CC(=O)N(CCc2cccc(Cl)c2)C1. The Morgan fingerprint density at radius 3 is 2.78 bits per heavy atom. The van der Waals surface area contributed by atoms with Gasteiger partial charge in [0, 0.05) is 30.2 Å². The van der Waals surface area contributed by atoms with Crippen molar-refractivity contribution in [2.24, 2.45) is 5.92 Å². The molecule has 1 aliphatic rings. The lowest BCUT2D eigenvalue weighted by molar-refractivity contribution is -0.128. The Morgan fingerprint density at radius 2 is 2.04 bits per heavy atom. The molecule has 4 nitrogen and oxygen atoms in total. The van der Waals surface area contributed by atoms with Crippen molar-refractivity contribution in [2.45, 2.75) is 33.1 Å². The van der Waals surface area contributed by atoms with Crippen molar-refractivity contribution < 1.29 is 9.59 Å². The lowest BCUT2D eigenvalue weighted by atomic mass is 10.0. The van der Waals surface area contributed by atoms with Crippen molar-refractivity contribution in [3.8, 4) is 0 Å². The van der Waals surface area contributed by atoms with E-state index in [4.69, 9.17) is 11.6 Å². The van der Waals surface area contributed by atoms with E-state index in [0.717, 1.165) is 35.2 Å². The highest BCUT2D eigenvalue weighted by Crippen LogP contribution is 2.25. The first-order valence-corrected chi connectivity index (χ1v) is 9.77. The summed E-state index contributed by atoms with van der Waals surface area (Å²) >= 11 is 6.01. The van der Waals surface area contributed by atoms with Crippen LogP contribution in [-0.2, 0) is 22.4 Å². The number of halogens is 1. The highest BCUT2D eigenvalue weighted by atomic mass is 35.5. The first-order chi connectivity index (χ1) is 13.0. The number of para-hydroxylation sites is 1. The van der Waals surface area contributed by atoms with E-state index in [-0.39, 0.29) is 24.2 Å². The Labute approximate surface area is 165 Å². The van der Waals surface area contributed by atoms with Crippen LogP contribution in [0.1, 0.15) is 30.0 Å². The summed E-state index contributed by atoms with van der Waals surface area (Å²) in [6.07, 6.45) is 1.86. The third kappa shape index (κ3) is 4.69. The van der Waals surface area contributed by atoms with Crippen LogP contribution in [0.5, 0.6) is 0 Å². The van der Waals surface area contributed by atoms with Crippen molar-refractivity contribution in [1.29, 1.82) is 0 Å². The number of hydrogen-bond donors (Lipinski definition) is 1. The quantitative estimate of drug-likeness (QED) is 0.809. The zero-order valence-electron chi connectivity index (χ0n) is 15.8. The molecule has 1 heterocycles. The molecule has 2 amide bonds. The largest absolute Gasteiger partial charge is 0.342 e. The van der Waals surface area contributed by atoms with Crippen molar-refractivity contribution in [2.75, 3.05) is 18.4 Å². The number of nitrogens with zero attached hydrogens (tertiary/aromatic N) is 1. The molecule has 1 fully saturated rings. The van der Waals surface area contributed by atoms with E-state index in [1.807, 2.05) is 49.4 Å². The zero-order chi connectivity index (χ0) is 19.4. The first-order valence-electron chi connectivity index (χ1n) is 9.39. The van der Waals surface area contributed by atoms with Crippen molar-refractivity contribution in [1.82, 2.24) is 4.90 Å². The molecular weight excluding hydrogens is 360 g/mol. The summed E-state index contributed by atoms with van der Waals surface area (Å²) in [6.45, 7) is 5.14. The highest BCUT2D eigenvalue weighted by molar-refractivity contribution is 6.30. The minimum absolute atomic E-state index is 0.0395. The standard InChI is InChI=1S/C22H25ClN2O2/c1-3-17-8-4-6-15(2)21(17)24-22(27)18-13-20(26)25(14-18)11-10-16-7-5-9-19(23)12-16/h4-9,12,18H,3,10-11,13-14H2,1-2H3,(H,24,27). The first kappa shape index (κ1) is 19.4. The van der Waals surface area contributed by atoms with E-state index < -0.39 is 0 Å². The Hall–Kier alpha value is -2.33. The molecule has 142 valence electrons. The number of nitrogens with one attached hydrogen (secondary N) is 1. The molecule has 3 rings (SSSR count). The summed E-state index contributed by atoms with van der Waals surface area (Å²) in [4.78, 5) is 26.9. The number of rotatable bonds is 6. The molecule has 2 aromatic carbocycles. The number of anilines is 1. The minimum Gasteiger partial charge on any atom is -0.342 e. The monoisotopic (exact) mass is 384 g/mol. The van der Waals surface area contributed by atoms with Crippen LogP contribution in [0.3, 0.4) is 0 Å². The van der Waals surface area contributed by atoms with Gasteiger partial charge in [-0.3, -0.25) is 9.59 Å². The van der Waals surface area contributed by atoms with E-state index in [9.17, 15) is 9.59 Å². The predicted octanol–water partition coefficient (Wildman–Crippen LogP) is 4.24. The third-order valence-corrected chi connectivity index (χ3v) is 5.37. The fourth-order valence-corrected chi connectivity index (χ4v) is 3.76. The zero-order valence-corrected chi connectivity index (χ0v) is 16.6. The lowest BCUT2D eigenvalue weighted by Crippen LogP contribution is -2.30. The van der Waals surface area contributed by atoms with Crippen LogP contribution in [0.2, 0.25) is 5.02 Å². The van der Waals surface area contributed by atoms with E-state index in [1.54, 1.807) is 4.90 Å². The second-order valence-electron chi connectivity index (χ2n) is 7.07. The van der Waals surface area contributed by atoms with Crippen LogP contribution in [0.4, 0.5) is 5.69 Å². The number of hydrogen-bond acceptors (Lipinski definition) is 2. The van der Waals surface area contributed by atoms with Gasteiger partial charge in [-0.05, 0) is 48.6 Å². The summed E-state index contributed by atoms with van der Waals surface area (Å²) in [5, 5.41) is 3.76. The van der Waals surface area contributed by atoms with Gasteiger partial charge < -0.3 is 10.2 Å². The van der Waals surface area contributed by atoms with Crippen LogP contribution in [-0.4, -0.2) is 29.8 Å². The third-order valence-electron chi connectivity index (χ3n) is 5.13. The molecule has 0 spiro atoms. The van der Waals surface area contributed by atoms with Crippen LogP contribution in [0.15, 0.2) is 42.5 Å². The summed E-state index contributed by atoms with van der Waals surface area (Å²) in [7, 11) is 0. The van der Waals surface area contributed by atoms with Gasteiger partial charge in [-0.1, -0.05) is 48.9 Å².